The Labute approximate surface area is 145 Å². The van der Waals surface area contributed by atoms with Gasteiger partial charge in [-0.3, -0.25) is 10.1 Å². The topological polar surface area (TPSA) is 64.1 Å². The predicted molar refractivity (Wildman–Crippen MR) is 93.8 cm³/mol. The number of carbonyl (C=O) groups is 1. The second-order valence-corrected chi connectivity index (χ2v) is 6.98. The van der Waals surface area contributed by atoms with Crippen molar-refractivity contribution in [3.8, 4) is 16.5 Å². The summed E-state index contributed by atoms with van der Waals surface area (Å²) in [6, 6.07) is 6.97. The third kappa shape index (κ3) is 3.87. The van der Waals surface area contributed by atoms with Crippen LogP contribution in [0.15, 0.2) is 35.8 Å². The van der Waals surface area contributed by atoms with E-state index >= 15 is 0 Å². The van der Waals surface area contributed by atoms with Gasteiger partial charge in [-0.2, -0.15) is 0 Å². The number of nitrogens with one attached hydrogen (secondary N) is 1. The van der Waals surface area contributed by atoms with Gasteiger partial charge in [-0.05, 0) is 25.1 Å². The van der Waals surface area contributed by atoms with Gasteiger partial charge in [0.2, 0.25) is 5.88 Å². The molecule has 0 aliphatic heterocycles. The van der Waals surface area contributed by atoms with Crippen LogP contribution in [0.5, 0.6) is 5.88 Å². The minimum Gasteiger partial charge on any atom is -0.478 e. The van der Waals surface area contributed by atoms with Gasteiger partial charge in [-0.25, -0.2) is 9.97 Å². The van der Waals surface area contributed by atoms with Crippen LogP contribution in [0.2, 0.25) is 4.34 Å². The number of thiophene rings is 1. The molecule has 1 amide bonds. The first-order valence-corrected chi connectivity index (χ1v) is 8.84. The molecule has 3 rings (SSSR count). The highest BCUT2D eigenvalue weighted by molar-refractivity contribution is 7.20. The van der Waals surface area contributed by atoms with E-state index in [1.54, 1.807) is 18.3 Å². The number of nitrogens with zero attached hydrogens (tertiary/aromatic N) is 2. The molecule has 0 spiro atoms. The van der Waals surface area contributed by atoms with Crippen molar-refractivity contribution < 1.29 is 9.53 Å². The Kier molecular flexibility index (Phi) is 4.90. The zero-order chi connectivity index (χ0) is 16.2. The number of hydrogen-bond acceptors (Lipinski definition) is 6. The zero-order valence-electron chi connectivity index (χ0n) is 12.1. The van der Waals surface area contributed by atoms with Crippen LogP contribution in [0.3, 0.4) is 0 Å². The van der Waals surface area contributed by atoms with Gasteiger partial charge in [-0.1, -0.05) is 11.6 Å². The molecule has 0 saturated heterocycles. The number of halogens is 1. The highest BCUT2D eigenvalue weighted by atomic mass is 35.5. The summed E-state index contributed by atoms with van der Waals surface area (Å²) < 4.78 is 6.00. The lowest BCUT2D eigenvalue weighted by molar-refractivity contribution is 0.102. The lowest BCUT2D eigenvalue weighted by atomic mass is 10.2. The summed E-state index contributed by atoms with van der Waals surface area (Å²) in [7, 11) is 0. The summed E-state index contributed by atoms with van der Waals surface area (Å²) in [4.78, 5) is 21.7. The highest BCUT2D eigenvalue weighted by Gasteiger charge is 2.12. The Bertz CT molecular complexity index is 832. The molecule has 3 heterocycles. The maximum absolute atomic E-state index is 12.3. The molecule has 0 saturated carbocycles. The van der Waals surface area contributed by atoms with Crippen molar-refractivity contribution in [3.63, 3.8) is 0 Å². The number of ether oxygens (including phenoxy) is 1. The van der Waals surface area contributed by atoms with Gasteiger partial charge in [0.05, 0.1) is 21.5 Å². The van der Waals surface area contributed by atoms with E-state index in [9.17, 15) is 4.79 Å². The highest BCUT2D eigenvalue weighted by Crippen LogP contribution is 2.32. The maximum atomic E-state index is 12.3. The summed E-state index contributed by atoms with van der Waals surface area (Å²) >= 11 is 8.74. The van der Waals surface area contributed by atoms with Crippen LogP contribution in [0.1, 0.15) is 17.3 Å². The predicted octanol–water partition coefficient (Wildman–Crippen LogP) is 4.57. The van der Waals surface area contributed by atoms with Crippen molar-refractivity contribution in [2.45, 2.75) is 6.92 Å². The molecule has 5 nitrogen and oxygen atoms in total. The Morgan fingerprint density at radius 2 is 2.26 bits per heavy atom. The standard InChI is InChI=1S/C15H12ClN3O2S2/c1-2-21-13-7-9(5-6-17-13)14(20)19-15-18-10(8-22-15)11-3-4-12(16)23-11/h3-8H,2H2,1H3,(H,18,19,20). The minimum absolute atomic E-state index is 0.251. The number of hydrogen-bond donors (Lipinski definition) is 1. The maximum Gasteiger partial charge on any atom is 0.257 e. The fourth-order valence-corrected chi connectivity index (χ4v) is 3.63. The second-order valence-electron chi connectivity index (χ2n) is 4.41. The van der Waals surface area contributed by atoms with Gasteiger partial charge in [0.25, 0.3) is 5.91 Å². The summed E-state index contributed by atoms with van der Waals surface area (Å²) in [5.41, 5.74) is 1.27. The molecule has 8 heteroatoms. The van der Waals surface area contributed by atoms with Crippen LogP contribution in [-0.2, 0) is 0 Å². The van der Waals surface area contributed by atoms with Crippen molar-refractivity contribution >= 4 is 45.3 Å². The Hall–Kier alpha value is -1.96. The number of rotatable bonds is 5. The molecule has 0 bridgehead atoms. The summed E-state index contributed by atoms with van der Waals surface area (Å²) in [5.74, 6) is 0.173. The molecule has 0 fully saturated rings. The number of amides is 1. The van der Waals surface area contributed by atoms with E-state index < -0.39 is 0 Å². The minimum atomic E-state index is -0.251. The number of pyridine rings is 1. The number of aromatic nitrogens is 2. The Morgan fingerprint density at radius 3 is 3.00 bits per heavy atom. The monoisotopic (exact) mass is 365 g/mol. The first-order chi connectivity index (χ1) is 11.2. The van der Waals surface area contributed by atoms with Gasteiger partial charge in [0.1, 0.15) is 0 Å². The summed E-state index contributed by atoms with van der Waals surface area (Å²) in [5, 5.41) is 5.20. The molecule has 118 valence electrons. The fraction of sp³-hybridized carbons (Fsp3) is 0.133. The Morgan fingerprint density at radius 1 is 1.39 bits per heavy atom. The molecule has 23 heavy (non-hydrogen) atoms. The first kappa shape index (κ1) is 15.9. The molecular formula is C15H12ClN3O2S2. The molecule has 0 aliphatic rings. The van der Waals surface area contributed by atoms with Gasteiger partial charge < -0.3 is 4.74 Å². The Balaban J connectivity index is 1.73. The lowest BCUT2D eigenvalue weighted by Gasteiger charge is -2.04. The van der Waals surface area contributed by atoms with Gasteiger partial charge in [-0.15, -0.1) is 22.7 Å². The van der Waals surface area contributed by atoms with Crippen LogP contribution in [0.25, 0.3) is 10.6 Å². The van der Waals surface area contributed by atoms with Crippen molar-refractivity contribution in [3.05, 3.63) is 45.7 Å². The molecule has 0 radical (unpaired) electrons. The van der Waals surface area contributed by atoms with E-state index in [0.29, 0.717) is 27.5 Å². The van der Waals surface area contributed by atoms with Crippen LogP contribution < -0.4 is 10.1 Å². The molecule has 3 aromatic rings. The van der Waals surface area contributed by atoms with E-state index in [0.717, 1.165) is 10.6 Å². The number of carbonyl (C=O) groups excluding carboxylic acids is 1. The SMILES string of the molecule is CCOc1cc(C(=O)Nc2nc(-c3ccc(Cl)s3)cs2)ccn1. The zero-order valence-corrected chi connectivity index (χ0v) is 14.5. The molecule has 0 atom stereocenters. The summed E-state index contributed by atoms with van der Waals surface area (Å²) in [6.07, 6.45) is 1.54. The van der Waals surface area contributed by atoms with Crippen molar-refractivity contribution in [2.24, 2.45) is 0 Å². The third-order valence-corrected chi connectivity index (χ3v) is 4.85. The average Bonchev–Trinajstić information content (AvgIpc) is 3.17. The molecule has 0 aromatic carbocycles. The quantitative estimate of drug-likeness (QED) is 0.719. The van der Waals surface area contributed by atoms with Gasteiger partial charge in [0.15, 0.2) is 5.13 Å². The van der Waals surface area contributed by atoms with Crippen LogP contribution in [0.4, 0.5) is 5.13 Å². The second kappa shape index (κ2) is 7.08. The normalized spacial score (nSPS) is 10.5. The third-order valence-electron chi connectivity index (χ3n) is 2.84. The van der Waals surface area contributed by atoms with Gasteiger partial charge in [0, 0.05) is 23.2 Å². The van der Waals surface area contributed by atoms with Crippen LogP contribution in [0, 0.1) is 0 Å². The molecule has 1 N–H and O–H groups in total. The molecule has 3 aromatic heterocycles. The van der Waals surface area contributed by atoms with E-state index in [1.165, 1.54) is 22.7 Å². The van der Waals surface area contributed by atoms with Crippen LogP contribution in [-0.4, -0.2) is 22.5 Å². The van der Waals surface area contributed by atoms with Crippen molar-refractivity contribution in [1.29, 1.82) is 0 Å². The smallest absolute Gasteiger partial charge is 0.257 e. The van der Waals surface area contributed by atoms with E-state index in [1.807, 2.05) is 24.4 Å². The van der Waals surface area contributed by atoms with Crippen molar-refractivity contribution in [1.82, 2.24) is 9.97 Å². The fourth-order valence-electron chi connectivity index (χ4n) is 1.84. The summed E-state index contributed by atoms with van der Waals surface area (Å²) in [6.45, 7) is 2.36. The largest absolute Gasteiger partial charge is 0.478 e. The van der Waals surface area contributed by atoms with Crippen molar-refractivity contribution in [2.75, 3.05) is 11.9 Å². The number of thiazole rings is 1. The molecule has 0 unspecified atom stereocenters. The first-order valence-electron chi connectivity index (χ1n) is 6.77. The van der Waals surface area contributed by atoms with Gasteiger partial charge >= 0.3 is 0 Å². The van der Waals surface area contributed by atoms with E-state index in [2.05, 4.69) is 15.3 Å². The average molecular weight is 366 g/mol. The molecular weight excluding hydrogens is 354 g/mol. The van der Waals surface area contributed by atoms with Crippen LogP contribution >= 0.6 is 34.3 Å². The lowest BCUT2D eigenvalue weighted by Crippen LogP contribution is -2.12. The van der Waals surface area contributed by atoms with E-state index in [4.69, 9.17) is 16.3 Å². The van der Waals surface area contributed by atoms with E-state index in [-0.39, 0.29) is 5.91 Å². The number of anilines is 1. The molecule has 0 aliphatic carbocycles.